The number of ether oxygens (including phenoxy) is 1. The average Bonchev–Trinajstić information content (AvgIpc) is 2.76. The average molecular weight is 277 g/mol. The van der Waals surface area contributed by atoms with Crippen molar-refractivity contribution in [2.75, 3.05) is 11.1 Å². The van der Waals surface area contributed by atoms with E-state index in [1.54, 1.807) is 11.3 Å². The van der Waals surface area contributed by atoms with E-state index in [9.17, 15) is 0 Å². The molecule has 0 saturated carbocycles. The summed E-state index contributed by atoms with van der Waals surface area (Å²) < 4.78 is 5.67. The van der Waals surface area contributed by atoms with Crippen molar-refractivity contribution in [3.8, 4) is 5.75 Å². The number of nitrogen functional groups attached to an aromatic ring is 1. The molecule has 0 spiro atoms. The van der Waals surface area contributed by atoms with Gasteiger partial charge in [-0.2, -0.15) is 0 Å². The Morgan fingerprint density at radius 1 is 1.42 bits per heavy atom. The van der Waals surface area contributed by atoms with Crippen molar-refractivity contribution in [3.05, 3.63) is 34.3 Å². The predicted octanol–water partition coefficient (Wildman–Crippen LogP) is 3.43. The summed E-state index contributed by atoms with van der Waals surface area (Å²) in [5.74, 6) is 0.723. The monoisotopic (exact) mass is 277 g/mol. The highest BCUT2D eigenvalue weighted by Crippen LogP contribution is 2.30. The molecule has 0 fully saturated rings. The second kappa shape index (κ2) is 5.93. The van der Waals surface area contributed by atoms with Crippen LogP contribution in [0.4, 0.5) is 11.4 Å². The van der Waals surface area contributed by atoms with Crippen molar-refractivity contribution in [1.82, 2.24) is 4.98 Å². The Bertz CT molecular complexity index is 551. The van der Waals surface area contributed by atoms with E-state index in [0.29, 0.717) is 5.69 Å². The first-order valence-corrected chi connectivity index (χ1v) is 7.08. The van der Waals surface area contributed by atoms with Gasteiger partial charge < -0.3 is 15.8 Å². The third-order valence-corrected chi connectivity index (χ3v) is 3.46. The molecule has 102 valence electrons. The molecule has 1 aromatic carbocycles. The van der Waals surface area contributed by atoms with Gasteiger partial charge in [-0.1, -0.05) is 6.07 Å². The molecule has 1 aromatic heterocycles. The number of nitrogens with zero attached hydrogens (tertiary/aromatic N) is 1. The Balaban J connectivity index is 2.08. The van der Waals surface area contributed by atoms with E-state index in [0.717, 1.165) is 23.0 Å². The quantitative estimate of drug-likeness (QED) is 0.822. The molecule has 0 aliphatic carbocycles. The van der Waals surface area contributed by atoms with Gasteiger partial charge in [-0.25, -0.2) is 4.98 Å². The first kappa shape index (κ1) is 13.7. The van der Waals surface area contributed by atoms with Crippen LogP contribution in [0.25, 0.3) is 0 Å². The number of hydrogen-bond acceptors (Lipinski definition) is 5. The van der Waals surface area contributed by atoms with Crippen LogP contribution in [-0.4, -0.2) is 11.1 Å². The number of thiazole rings is 1. The molecule has 0 radical (unpaired) electrons. The van der Waals surface area contributed by atoms with Gasteiger partial charge in [0.1, 0.15) is 5.75 Å². The van der Waals surface area contributed by atoms with Gasteiger partial charge in [0.2, 0.25) is 0 Å². The molecule has 3 N–H and O–H groups in total. The van der Waals surface area contributed by atoms with Crippen LogP contribution in [0.5, 0.6) is 5.75 Å². The first-order valence-electron chi connectivity index (χ1n) is 6.26. The van der Waals surface area contributed by atoms with Crippen LogP contribution in [0.2, 0.25) is 0 Å². The zero-order chi connectivity index (χ0) is 13.8. The van der Waals surface area contributed by atoms with Gasteiger partial charge >= 0.3 is 0 Å². The highest BCUT2D eigenvalue weighted by Gasteiger charge is 2.07. The van der Waals surface area contributed by atoms with Crippen molar-refractivity contribution in [2.24, 2.45) is 0 Å². The number of aromatic nitrogens is 1. The van der Waals surface area contributed by atoms with E-state index in [4.69, 9.17) is 10.5 Å². The maximum atomic E-state index is 6.10. The zero-order valence-electron chi connectivity index (χ0n) is 11.4. The Labute approximate surface area is 117 Å². The van der Waals surface area contributed by atoms with Crippen LogP contribution < -0.4 is 15.8 Å². The van der Waals surface area contributed by atoms with Crippen molar-refractivity contribution < 1.29 is 4.74 Å². The summed E-state index contributed by atoms with van der Waals surface area (Å²) in [4.78, 5) is 5.42. The minimum atomic E-state index is 0.113. The predicted molar refractivity (Wildman–Crippen MR) is 80.8 cm³/mol. The minimum absolute atomic E-state index is 0.113. The molecular weight excluding hydrogens is 258 g/mol. The van der Waals surface area contributed by atoms with Crippen LogP contribution in [0.1, 0.15) is 23.7 Å². The van der Waals surface area contributed by atoms with Crippen LogP contribution in [0.15, 0.2) is 24.4 Å². The summed E-state index contributed by atoms with van der Waals surface area (Å²) in [7, 11) is 0. The topological polar surface area (TPSA) is 60.2 Å². The number of hydrogen-bond donors (Lipinski definition) is 2. The molecule has 0 bridgehead atoms. The van der Waals surface area contributed by atoms with E-state index < -0.39 is 0 Å². The normalized spacial score (nSPS) is 10.7. The molecule has 0 aliphatic heterocycles. The first-order chi connectivity index (χ1) is 9.06. The Kier molecular flexibility index (Phi) is 4.27. The van der Waals surface area contributed by atoms with E-state index in [-0.39, 0.29) is 6.10 Å². The van der Waals surface area contributed by atoms with Gasteiger partial charge in [0.05, 0.1) is 29.0 Å². The minimum Gasteiger partial charge on any atom is -0.489 e. The molecule has 0 atom stereocenters. The van der Waals surface area contributed by atoms with E-state index >= 15 is 0 Å². The molecule has 2 aromatic rings. The summed E-state index contributed by atoms with van der Waals surface area (Å²) in [5.41, 5.74) is 7.64. The highest BCUT2D eigenvalue weighted by molar-refractivity contribution is 7.11. The van der Waals surface area contributed by atoms with Gasteiger partial charge in [-0.15, -0.1) is 11.3 Å². The third kappa shape index (κ3) is 3.61. The maximum absolute atomic E-state index is 6.10. The van der Waals surface area contributed by atoms with Crippen LogP contribution in [-0.2, 0) is 6.54 Å². The molecule has 4 nitrogen and oxygen atoms in total. The molecule has 1 heterocycles. The Morgan fingerprint density at radius 3 is 2.84 bits per heavy atom. The second-order valence-corrected chi connectivity index (χ2v) is 5.90. The number of nitrogens with one attached hydrogen (secondary N) is 1. The lowest BCUT2D eigenvalue weighted by Crippen LogP contribution is -2.09. The third-order valence-electron chi connectivity index (χ3n) is 2.55. The second-order valence-electron chi connectivity index (χ2n) is 4.58. The Morgan fingerprint density at radius 2 is 2.21 bits per heavy atom. The smallest absolute Gasteiger partial charge is 0.144 e. The van der Waals surface area contributed by atoms with Gasteiger partial charge in [0.25, 0.3) is 0 Å². The van der Waals surface area contributed by atoms with E-state index in [2.05, 4.69) is 10.3 Å². The lowest BCUT2D eigenvalue weighted by Gasteiger charge is -2.15. The van der Waals surface area contributed by atoms with Crippen LogP contribution in [0, 0.1) is 6.92 Å². The molecule has 0 saturated heterocycles. The van der Waals surface area contributed by atoms with Gasteiger partial charge in [0, 0.05) is 11.1 Å². The summed E-state index contributed by atoms with van der Waals surface area (Å²) in [5, 5.41) is 4.39. The Hall–Kier alpha value is -1.75. The number of aryl methyl sites for hydroxylation is 1. The molecule has 0 unspecified atom stereocenters. The lowest BCUT2D eigenvalue weighted by molar-refractivity contribution is 0.244. The summed E-state index contributed by atoms with van der Waals surface area (Å²) in [6.07, 6.45) is 2.00. The molecule has 19 heavy (non-hydrogen) atoms. The van der Waals surface area contributed by atoms with Crippen LogP contribution in [0.3, 0.4) is 0 Å². The number of para-hydroxylation sites is 1. The number of anilines is 2. The fourth-order valence-electron chi connectivity index (χ4n) is 1.72. The maximum Gasteiger partial charge on any atom is 0.144 e. The largest absolute Gasteiger partial charge is 0.489 e. The van der Waals surface area contributed by atoms with Crippen molar-refractivity contribution >= 4 is 22.7 Å². The van der Waals surface area contributed by atoms with Crippen molar-refractivity contribution in [2.45, 2.75) is 33.4 Å². The number of rotatable bonds is 5. The molecule has 0 amide bonds. The highest BCUT2D eigenvalue weighted by atomic mass is 32.1. The van der Waals surface area contributed by atoms with Crippen molar-refractivity contribution in [3.63, 3.8) is 0 Å². The van der Waals surface area contributed by atoms with Crippen molar-refractivity contribution in [1.29, 1.82) is 0 Å². The summed E-state index contributed by atoms with van der Waals surface area (Å²) in [6, 6.07) is 5.78. The fraction of sp³-hybridized carbons (Fsp3) is 0.357. The van der Waals surface area contributed by atoms with E-state index in [1.807, 2.05) is 45.2 Å². The SMILES string of the molecule is Cc1ncc(CNc2cccc(OC(C)C)c2N)s1. The molecule has 5 heteroatoms. The number of nitrogens with two attached hydrogens (primary N) is 1. The standard InChI is InChI=1S/C14H19N3OS/c1-9(2)18-13-6-4-5-12(14(13)15)17-8-11-7-16-10(3)19-11/h4-7,9,17H,8,15H2,1-3H3. The van der Waals surface area contributed by atoms with E-state index in [1.165, 1.54) is 4.88 Å². The fourth-order valence-corrected chi connectivity index (χ4v) is 2.46. The zero-order valence-corrected chi connectivity index (χ0v) is 12.3. The molecule has 0 aliphatic rings. The van der Waals surface area contributed by atoms with Gasteiger partial charge in [-0.3, -0.25) is 0 Å². The van der Waals surface area contributed by atoms with Gasteiger partial charge in [-0.05, 0) is 32.9 Å². The molecular formula is C14H19N3OS. The summed E-state index contributed by atoms with van der Waals surface area (Å²) >= 11 is 1.68. The summed E-state index contributed by atoms with van der Waals surface area (Å²) in [6.45, 7) is 6.69. The molecule has 2 rings (SSSR count). The van der Waals surface area contributed by atoms with Crippen LogP contribution >= 0.6 is 11.3 Å². The van der Waals surface area contributed by atoms with Gasteiger partial charge in [0.15, 0.2) is 0 Å². The lowest BCUT2D eigenvalue weighted by atomic mass is 10.2. The number of benzene rings is 1.